The topological polar surface area (TPSA) is 98.5 Å². The Labute approximate surface area is 183 Å². The molecular weight excluding hydrogens is 392 g/mol. The smallest absolute Gasteiger partial charge is 0.303 e. The van der Waals surface area contributed by atoms with E-state index in [1.165, 1.54) is 0 Å². The van der Waals surface area contributed by atoms with Crippen molar-refractivity contribution in [3.63, 3.8) is 0 Å². The second-order valence-electron chi connectivity index (χ2n) is 7.78. The van der Waals surface area contributed by atoms with E-state index < -0.39 is 5.97 Å². The van der Waals surface area contributed by atoms with Gasteiger partial charge in [-0.1, -0.05) is 13.0 Å². The van der Waals surface area contributed by atoms with E-state index in [1.807, 2.05) is 19.1 Å². The summed E-state index contributed by atoms with van der Waals surface area (Å²) in [4.78, 5) is 18.1. The number of ether oxygens (including phenoxy) is 1. The minimum absolute atomic E-state index is 0.0563. The summed E-state index contributed by atoms with van der Waals surface area (Å²) < 4.78 is 5.55. The number of aliphatic carboxylic acids is 1. The normalized spacial score (nSPS) is 15.1. The lowest BCUT2D eigenvalue weighted by Gasteiger charge is -2.36. The van der Waals surface area contributed by atoms with Crippen molar-refractivity contribution in [2.24, 2.45) is 0 Å². The molecule has 2 heterocycles. The van der Waals surface area contributed by atoms with Crippen LogP contribution in [0.5, 0.6) is 0 Å². The van der Waals surface area contributed by atoms with Crippen molar-refractivity contribution < 1.29 is 14.6 Å². The zero-order valence-corrected chi connectivity index (χ0v) is 18.2. The van der Waals surface area contributed by atoms with Gasteiger partial charge in [-0.3, -0.25) is 4.79 Å². The van der Waals surface area contributed by atoms with Crippen molar-refractivity contribution >= 4 is 23.2 Å². The van der Waals surface area contributed by atoms with Crippen LogP contribution in [0.1, 0.15) is 56.6 Å². The van der Waals surface area contributed by atoms with Crippen molar-refractivity contribution in [2.45, 2.75) is 51.5 Å². The van der Waals surface area contributed by atoms with E-state index in [0.29, 0.717) is 17.4 Å². The Kier molecular flexibility index (Phi) is 7.85. The molecule has 1 aliphatic heterocycles. The third-order valence-electron chi connectivity index (χ3n) is 5.84. The van der Waals surface area contributed by atoms with Gasteiger partial charge < -0.3 is 20.1 Å². The molecule has 2 N–H and O–H groups in total. The van der Waals surface area contributed by atoms with Crippen LogP contribution in [0.15, 0.2) is 36.5 Å². The molecule has 1 saturated heterocycles. The van der Waals surface area contributed by atoms with E-state index >= 15 is 0 Å². The summed E-state index contributed by atoms with van der Waals surface area (Å²) >= 11 is 0. The summed E-state index contributed by atoms with van der Waals surface area (Å²) in [6.45, 7) is 6.53. The molecule has 1 fully saturated rings. The summed E-state index contributed by atoms with van der Waals surface area (Å²) in [5, 5.41) is 21.8. The van der Waals surface area contributed by atoms with Gasteiger partial charge in [0.1, 0.15) is 11.9 Å². The Morgan fingerprint density at radius 2 is 2.10 bits per heavy atom. The minimum atomic E-state index is -0.795. The lowest BCUT2D eigenvalue weighted by atomic mass is 9.92. The molecule has 0 aliphatic carbocycles. The maximum Gasteiger partial charge on any atom is 0.303 e. The number of carboxylic acid groups (broad SMARTS) is 1. The maximum absolute atomic E-state index is 11.3. The largest absolute Gasteiger partial charge is 0.481 e. The van der Waals surface area contributed by atoms with Crippen molar-refractivity contribution in [3.05, 3.63) is 47.7 Å². The van der Waals surface area contributed by atoms with E-state index in [-0.39, 0.29) is 12.3 Å². The number of nitrogens with zero attached hydrogens (tertiary/aromatic N) is 3. The molecule has 0 radical (unpaired) electrons. The van der Waals surface area contributed by atoms with Gasteiger partial charge in [-0.05, 0) is 61.9 Å². The Morgan fingerprint density at radius 1 is 1.32 bits per heavy atom. The monoisotopic (exact) mass is 422 g/mol. The van der Waals surface area contributed by atoms with E-state index in [2.05, 4.69) is 34.3 Å². The van der Waals surface area contributed by atoms with E-state index in [9.17, 15) is 9.90 Å². The van der Waals surface area contributed by atoms with Gasteiger partial charge in [-0.25, -0.2) is 4.98 Å². The van der Waals surface area contributed by atoms with Gasteiger partial charge in [0.25, 0.3) is 0 Å². The number of nitrogens with one attached hydrogen (secondary N) is 1. The number of nitriles is 1. The number of aromatic nitrogens is 1. The number of benzene rings is 1. The SMILES string of the molecule is CCC(CC(=O)O)c1ccc(N(CC)C2CCOCC2)c(Nc2ccc(C#N)cn2)c1. The van der Waals surface area contributed by atoms with Crippen LogP contribution in [0.2, 0.25) is 0 Å². The minimum Gasteiger partial charge on any atom is -0.481 e. The number of carboxylic acids is 1. The molecule has 164 valence electrons. The molecule has 1 aromatic carbocycles. The molecule has 0 amide bonds. The molecule has 7 heteroatoms. The highest BCUT2D eigenvalue weighted by Gasteiger charge is 2.24. The van der Waals surface area contributed by atoms with Gasteiger partial charge >= 0.3 is 5.97 Å². The first-order valence-electron chi connectivity index (χ1n) is 10.9. The van der Waals surface area contributed by atoms with E-state index in [1.54, 1.807) is 18.3 Å². The van der Waals surface area contributed by atoms with Gasteiger partial charge in [0.2, 0.25) is 0 Å². The predicted molar refractivity (Wildman–Crippen MR) is 121 cm³/mol. The molecule has 2 aromatic rings. The average molecular weight is 423 g/mol. The number of pyridine rings is 1. The fraction of sp³-hybridized carbons (Fsp3) is 0.458. The van der Waals surface area contributed by atoms with E-state index in [4.69, 9.17) is 10.00 Å². The number of anilines is 3. The second kappa shape index (κ2) is 10.8. The van der Waals surface area contributed by atoms with Gasteiger partial charge in [-0.2, -0.15) is 5.26 Å². The van der Waals surface area contributed by atoms with Crippen molar-refractivity contribution in [1.82, 2.24) is 4.98 Å². The van der Waals surface area contributed by atoms with Crippen molar-refractivity contribution in [1.29, 1.82) is 5.26 Å². The molecule has 7 nitrogen and oxygen atoms in total. The van der Waals surface area contributed by atoms with Gasteiger partial charge in [0.15, 0.2) is 0 Å². The van der Waals surface area contributed by atoms with Gasteiger partial charge in [-0.15, -0.1) is 0 Å². The van der Waals surface area contributed by atoms with Crippen molar-refractivity contribution in [2.75, 3.05) is 30.0 Å². The molecule has 0 bridgehead atoms. The molecule has 3 rings (SSSR count). The van der Waals surface area contributed by atoms with Crippen molar-refractivity contribution in [3.8, 4) is 6.07 Å². The fourth-order valence-corrected chi connectivity index (χ4v) is 4.16. The Hall–Kier alpha value is -3.11. The Bertz CT molecular complexity index is 917. The molecule has 0 saturated carbocycles. The number of hydrogen-bond donors (Lipinski definition) is 2. The highest BCUT2D eigenvalue weighted by molar-refractivity contribution is 5.76. The van der Waals surface area contributed by atoms with Crippen LogP contribution in [0.3, 0.4) is 0 Å². The fourth-order valence-electron chi connectivity index (χ4n) is 4.16. The summed E-state index contributed by atoms with van der Waals surface area (Å²) in [6, 6.07) is 12.2. The zero-order valence-electron chi connectivity index (χ0n) is 18.2. The summed E-state index contributed by atoms with van der Waals surface area (Å²) in [5.41, 5.74) is 3.46. The van der Waals surface area contributed by atoms with Crippen LogP contribution in [0.25, 0.3) is 0 Å². The summed E-state index contributed by atoms with van der Waals surface area (Å²) in [5.74, 6) is -0.206. The second-order valence-corrected chi connectivity index (χ2v) is 7.78. The van der Waals surface area contributed by atoms with E-state index in [0.717, 1.165) is 56.0 Å². The Morgan fingerprint density at radius 3 is 2.68 bits per heavy atom. The average Bonchev–Trinajstić information content (AvgIpc) is 2.80. The number of carbonyl (C=O) groups is 1. The molecule has 1 unspecified atom stereocenters. The highest BCUT2D eigenvalue weighted by Crippen LogP contribution is 2.36. The predicted octanol–water partition coefficient (Wildman–Crippen LogP) is 4.67. The third-order valence-corrected chi connectivity index (χ3v) is 5.84. The molecule has 0 spiro atoms. The molecule has 1 atom stereocenters. The molecule has 1 aromatic heterocycles. The summed E-state index contributed by atoms with van der Waals surface area (Å²) in [7, 11) is 0. The number of rotatable bonds is 9. The third kappa shape index (κ3) is 5.74. The van der Waals surface area contributed by atoms with Crippen LogP contribution >= 0.6 is 0 Å². The van der Waals surface area contributed by atoms with Crippen LogP contribution < -0.4 is 10.2 Å². The molecular formula is C24H30N4O3. The summed E-state index contributed by atoms with van der Waals surface area (Å²) in [6.07, 6.45) is 4.34. The van der Waals surface area contributed by atoms with Gasteiger partial charge in [0.05, 0.1) is 23.4 Å². The van der Waals surface area contributed by atoms with Crippen LogP contribution in [-0.4, -0.2) is 41.9 Å². The molecule has 31 heavy (non-hydrogen) atoms. The number of hydrogen-bond acceptors (Lipinski definition) is 6. The highest BCUT2D eigenvalue weighted by atomic mass is 16.5. The first-order valence-corrected chi connectivity index (χ1v) is 10.9. The Balaban J connectivity index is 1.99. The quantitative estimate of drug-likeness (QED) is 0.606. The van der Waals surface area contributed by atoms with Crippen LogP contribution in [-0.2, 0) is 9.53 Å². The van der Waals surface area contributed by atoms with Crippen LogP contribution in [0, 0.1) is 11.3 Å². The molecule has 1 aliphatic rings. The van der Waals surface area contributed by atoms with Gasteiger partial charge in [0, 0.05) is 32.0 Å². The lowest BCUT2D eigenvalue weighted by molar-refractivity contribution is -0.137. The zero-order chi connectivity index (χ0) is 22.2. The lowest BCUT2D eigenvalue weighted by Crippen LogP contribution is -2.39. The van der Waals surface area contributed by atoms with Crippen LogP contribution in [0.4, 0.5) is 17.2 Å². The standard InChI is InChI=1S/C24H30N4O3/c1-3-18(14-24(29)30)19-6-7-22(28(4-2)20-9-11-31-12-10-20)21(13-19)27-23-8-5-17(15-25)16-26-23/h5-8,13,16,18,20H,3-4,9-12,14H2,1-2H3,(H,26,27)(H,29,30). The maximum atomic E-state index is 11.3. The first-order chi connectivity index (χ1) is 15.0. The first kappa shape index (κ1) is 22.6.